The molecular weight excluding hydrogens is 402 g/mol. The van der Waals surface area contributed by atoms with Gasteiger partial charge < -0.3 is 21.1 Å². The predicted molar refractivity (Wildman–Crippen MR) is 126 cm³/mol. The largest absolute Gasteiger partial charge is 0.404 e. The Labute approximate surface area is 188 Å². The van der Waals surface area contributed by atoms with Crippen LogP contribution in [0.1, 0.15) is 41.3 Å². The Bertz CT molecular complexity index is 1070. The van der Waals surface area contributed by atoms with Gasteiger partial charge in [-0.25, -0.2) is 0 Å². The smallest absolute Gasteiger partial charge is 0.254 e. The van der Waals surface area contributed by atoms with E-state index in [1.165, 1.54) is 6.20 Å². The third-order valence-corrected chi connectivity index (χ3v) is 5.51. The van der Waals surface area contributed by atoms with Crippen LogP contribution >= 0.6 is 0 Å². The summed E-state index contributed by atoms with van der Waals surface area (Å²) >= 11 is 0. The van der Waals surface area contributed by atoms with E-state index in [0.29, 0.717) is 28.9 Å². The molecular formula is C25H29N5O2. The predicted octanol–water partition coefficient (Wildman–Crippen LogP) is 3.10. The fourth-order valence-corrected chi connectivity index (χ4v) is 4.25. The molecule has 32 heavy (non-hydrogen) atoms. The van der Waals surface area contributed by atoms with Crippen LogP contribution in [-0.4, -0.2) is 48.0 Å². The van der Waals surface area contributed by atoms with Crippen molar-refractivity contribution in [3.05, 3.63) is 77.0 Å². The van der Waals surface area contributed by atoms with Gasteiger partial charge in [-0.1, -0.05) is 38.1 Å². The van der Waals surface area contributed by atoms with Crippen molar-refractivity contribution in [1.82, 2.24) is 4.90 Å². The number of nitrogens with zero attached hydrogens (tertiary/aromatic N) is 3. The molecule has 3 atom stereocenters. The summed E-state index contributed by atoms with van der Waals surface area (Å²) in [6, 6.07) is 15.8. The molecule has 0 spiro atoms. The molecule has 1 aliphatic heterocycles. The highest BCUT2D eigenvalue weighted by Crippen LogP contribution is 2.39. The molecule has 7 nitrogen and oxygen atoms in total. The molecule has 4 N–H and O–H groups in total. The normalized spacial score (nSPS) is 19.7. The molecule has 7 heteroatoms. The van der Waals surface area contributed by atoms with Gasteiger partial charge in [0.25, 0.3) is 5.91 Å². The maximum absolute atomic E-state index is 13.5. The summed E-state index contributed by atoms with van der Waals surface area (Å²) in [6.07, 6.45) is 2.02. The maximum atomic E-state index is 13.5. The number of hydrogen-bond donors (Lipinski definition) is 3. The average molecular weight is 432 g/mol. The number of nitrogens with one attached hydrogen (secondary N) is 1. The van der Waals surface area contributed by atoms with Gasteiger partial charge in [-0.15, -0.1) is 0 Å². The Morgan fingerprint density at radius 2 is 2.06 bits per heavy atom. The number of aliphatic hydroxyl groups is 1. The molecule has 0 radical (unpaired) electrons. The van der Waals surface area contributed by atoms with Crippen LogP contribution in [-0.2, 0) is 0 Å². The number of aliphatic imine (C=N–C) groups is 1. The lowest BCUT2D eigenvalue weighted by molar-refractivity contribution is 0.0521. The topological polar surface area (TPSA) is 115 Å². The minimum Gasteiger partial charge on any atom is -0.404 e. The minimum atomic E-state index is -1.06. The van der Waals surface area contributed by atoms with Crippen molar-refractivity contribution in [2.24, 2.45) is 16.6 Å². The molecule has 1 aliphatic rings. The summed E-state index contributed by atoms with van der Waals surface area (Å²) < 4.78 is 0. The van der Waals surface area contributed by atoms with Crippen LogP contribution < -0.4 is 11.1 Å². The van der Waals surface area contributed by atoms with Crippen LogP contribution in [0.4, 0.5) is 5.69 Å². The quantitative estimate of drug-likeness (QED) is 0.460. The van der Waals surface area contributed by atoms with Crippen molar-refractivity contribution in [3.63, 3.8) is 0 Å². The van der Waals surface area contributed by atoms with Crippen LogP contribution in [0.5, 0.6) is 0 Å². The van der Waals surface area contributed by atoms with E-state index in [4.69, 9.17) is 5.73 Å². The number of benzene rings is 2. The van der Waals surface area contributed by atoms with Crippen LogP contribution in [0, 0.1) is 17.2 Å². The first-order valence-electron chi connectivity index (χ1n) is 10.6. The molecule has 0 aliphatic carbocycles. The first kappa shape index (κ1) is 23.0. The van der Waals surface area contributed by atoms with Gasteiger partial charge in [-0.05, 0) is 35.7 Å². The molecule has 1 unspecified atom stereocenters. The second kappa shape index (κ2) is 10.1. The Kier molecular flexibility index (Phi) is 7.29. The Balaban J connectivity index is 2.13. The lowest BCUT2D eigenvalue weighted by Crippen LogP contribution is -2.54. The maximum Gasteiger partial charge on any atom is 0.254 e. The third-order valence-electron chi connectivity index (χ3n) is 5.51. The van der Waals surface area contributed by atoms with Crippen LogP contribution in [0.2, 0.25) is 0 Å². The van der Waals surface area contributed by atoms with Crippen molar-refractivity contribution in [2.45, 2.75) is 32.0 Å². The molecule has 2 aromatic carbocycles. The molecule has 3 rings (SSSR count). The van der Waals surface area contributed by atoms with E-state index in [2.05, 4.69) is 16.4 Å². The zero-order valence-electron chi connectivity index (χ0n) is 18.6. The molecule has 1 amide bonds. The highest BCUT2D eigenvalue weighted by atomic mass is 16.3. The summed E-state index contributed by atoms with van der Waals surface area (Å²) in [5, 5.41) is 23.7. The van der Waals surface area contributed by atoms with Crippen molar-refractivity contribution in [3.8, 4) is 6.07 Å². The van der Waals surface area contributed by atoms with Crippen molar-refractivity contribution >= 4 is 17.8 Å². The van der Waals surface area contributed by atoms with E-state index in [-0.39, 0.29) is 11.8 Å². The molecule has 166 valence electrons. The SMILES string of the molecule is CN=CC(=CN)[C@@H]1[C@@H](C(O)Nc2cccc(C#N)c2)c2ccccc2C(=O)N1CC(C)C. The number of aliphatic hydroxyl groups excluding tert-OH is 1. The zero-order valence-corrected chi connectivity index (χ0v) is 18.6. The number of anilines is 1. The number of amides is 1. The molecule has 0 saturated carbocycles. The van der Waals surface area contributed by atoms with E-state index in [1.807, 2.05) is 32.0 Å². The number of fused-ring (bicyclic) bond motifs is 1. The highest BCUT2D eigenvalue weighted by molar-refractivity contribution is 5.99. The van der Waals surface area contributed by atoms with Gasteiger partial charge in [0.05, 0.1) is 23.6 Å². The van der Waals surface area contributed by atoms with Crippen LogP contribution in [0.15, 0.2) is 65.3 Å². The number of carbonyl (C=O) groups is 1. The van der Waals surface area contributed by atoms with E-state index in [0.717, 1.165) is 5.56 Å². The standard InChI is InChI=1S/C25H29N5O2/c1-16(2)15-30-23(18(13-27)14-28-3)22(20-9-4-5-10-21(20)25(30)32)24(31)29-19-8-6-7-17(11-19)12-26/h4-11,13-14,16,22-24,29,31H,15,27H2,1-3H3/t22-,23+,24?/m0/s1. The van der Waals surface area contributed by atoms with Gasteiger partial charge in [-0.3, -0.25) is 9.79 Å². The van der Waals surface area contributed by atoms with Gasteiger partial charge in [0.15, 0.2) is 0 Å². The molecule has 0 fully saturated rings. The van der Waals surface area contributed by atoms with Crippen molar-refractivity contribution in [1.29, 1.82) is 5.26 Å². The zero-order chi connectivity index (χ0) is 23.3. The lowest BCUT2D eigenvalue weighted by Gasteiger charge is -2.45. The third kappa shape index (κ3) is 4.66. The highest BCUT2D eigenvalue weighted by Gasteiger charge is 2.44. The molecule has 0 bridgehead atoms. The van der Waals surface area contributed by atoms with Crippen molar-refractivity contribution < 1.29 is 9.90 Å². The van der Waals surface area contributed by atoms with Gasteiger partial charge in [0, 0.05) is 42.8 Å². The number of carbonyl (C=O) groups excluding carboxylic acids is 1. The Morgan fingerprint density at radius 3 is 2.72 bits per heavy atom. The van der Waals surface area contributed by atoms with Gasteiger partial charge in [-0.2, -0.15) is 5.26 Å². The number of nitriles is 1. The summed E-state index contributed by atoms with van der Waals surface area (Å²) in [6.45, 7) is 4.59. The molecule has 1 heterocycles. The first-order chi connectivity index (χ1) is 15.4. The first-order valence-corrected chi connectivity index (χ1v) is 10.6. The van der Waals surface area contributed by atoms with Gasteiger partial charge in [0.1, 0.15) is 6.23 Å². The van der Waals surface area contributed by atoms with E-state index >= 15 is 0 Å². The summed E-state index contributed by atoms with van der Waals surface area (Å²) in [5.74, 6) is -0.401. The van der Waals surface area contributed by atoms with E-state index in [9.17, 15) is 15.2 Å². The average Bonchev–Trinajstić information content (AvgIpc) is 2.79. The van der Waals surface area contributed by atoms with Gasteiger partial charge >= 0.3 is 0 Å². The number of rotatable bonds is 7. The second-order valence-corrected chi connectivity index (χ2v) is 8.24. The van der Waals surface area contributed by atoms with Crippen LogP contribution in [0.25, 0.3) is 0 Å². The Morgan fingerprint density at radius 1 is 1.31 bits per heavy atom. The van der Waals surface area contributed by atoms with E-state index in [1.54, 1.807) is 48.5 Å². The van der Waals surface area contributed by atoms with Crippen molar-refractivity contribution in [2.75, 3.05) is 18.9 Å². The molecule has 0 saturated heterocycles. The fraction of sp³-hybridized carbons (Fsp3) is 0.320. The summed E-state index contributed by atoms with van der Waals surface area (Å²) in [5.41, 5.74) is 9.02. The minimum absolute atomic E-state index is 0.0990. The second-order valence-electron chi connectivity index (χ2n) is 8.24. The molecule has 2 aromatic rings. The monoisotopic (exact) mass is 431 g/mol. The van der Waals surface area contributed by atoms with E-state index < -0.39 is 18.2 Å². The summed E-state index contributed by atoms with van der Waals surface area (Å²) in [7, 11) is 1.64. The number of nitrogens with two attached hydrogens (primary N) is 1. The number of hydrogen-bond acceptors (Lipinski definition) is 6. The van der Waals surface area contributed by atoms with Gasteiger partial charge in [0.2, 0.25) is 0 Å². The fourth-order valence-electron chi connectivity index (χ4n) is 4.25. The van der Waals surface area contributed by atoms with Crippen LogP contribution in [0.3, 0.4) is 0 Å². The lowest BCUT2D eigenvalue weighted by atomic mass is 9.78. The molecule has 0 aromatic heterocycles. The Hall–Kier alpha value is -3.63. The summed E-state index contributed by atoms with van der Waals surface area (Å²) in [4.78, 5) is 19.4.